The minimum absolute atomic E-state index is 0.222. The van der Waals surface area contributed by atoms with Crippen LogP contribution in [0.15, 0.2) is 48.5 Å². The zero-order chi connectivity index (χ0) is 20.9. The normalized spacial score (nSPS) is 13.5. The zero-order valence-corrected chi connectivity index (χ0v) is 17.2. The van der Waals surface area contributed by atoms with Gasteiger partial charge in [-0.25, -0.2) is 12.8 Å². The Hall–Kier alpha value is -2.61. The molecule has 2 rings (SSSR count). The standard InChI is InChI=1S/C20H25FN2O4S/c1-5-27-19-12-6-16(7-13-19)14(2)22-20(24)15(3)23(28(4,25)26)18-10-8-17(21)9-11-18/h6-15H,5H2,1-4H3,(H,22,24)/t14-,15+/m0/s1. The smallest absolute Gasteiger partial charge is 0.244 e. The lowest BCUT2D eigenvalue weighted by molar-refractivity contribution is -0.122. The monoisotopic (exact) mass is 408 g/mol. The van der Waals surface area contributed by atoms with Gasteiger partial charge in [0.05, 0.1) is 24.6 Å². The van der Waals surface area contributed by atoms with Gasteiger partial charge in [-0.05, 0) is 62.7 Å². The van der Waals surface area contributed by atoms with Gasteiger partial charge < -0.3 is 10.1 Å². The fourth-order valence-electron chi connectivity index (χ4n) is 2.83. The average Bonchev–Trinajstić information content (AvgIpc) is 2.63. The van der Waals surface area contributed by atoms with Crippen molar-refractivity contribution in [3.8, 4) is 5.75 Å². The second-order valence-corrected chi connectivity index (χ2v) is 8.30. The molecule has 0 aliphatic heterocycles. The van der Waals surface area contributed by atoms with Crippen molar-refractivity contribution in [3.63, 3.8) is 0 Å². The van der Waals surface area contributed by atoms with Gasteiger partial charge in [-0.1, -0.05) is 12.1 Å². The summed E-state index contributed by atoms with van der Waals surface area (Å²) in [5.74, 6) is -0.215. The number of amides is 1. The van der Waals surface area contributed by atoms with Gasteiger partial charge >= 0.3 is 0 Å². The predicted molar refractivity (Wildman–Crippen MR) is 107 cm³/mol. The molecule has 2 aromatic carbocycles. The molecule has 0 saturated carbocycles. The molecule has 152 valence electrons. The maximum atomic E-state index is 13.2. The van der Waals surface area contributed by atoms with E-state index in [1.165, 1.54) is 19.1 Å². The van der Waals surface area contributed by atoms with Crippen LogP contribution in [0.3, 0.4) is 0 Å². The van der Waals surface area contributed by atoms with E-state index in [1.54, 1.807) is 0 Å². The molecule has 2 atom stereocenters. The summed E-state index contributed by atoms with van der Waals surface area (Å²) in [7, 11) is -3.75. The summed E-state index contributed by atoms with van der Waals surface area (Å²) in [6, 6.07) is 10.9. The lowest BCUT2D eigenvalue weighted by Gasteiger charge is -2.29. The van der Waals surface area contributed by atoms with E-state index in [-0.39, 0.29) is 11.7 Å². The Morgan fingerprint density at radius 3 is 2.18 bits per heavy atom. The number of nitrogens with zero attached hydrogens (tertiary/aromatic N) is 1. The molecular weight excluding hydrogens is 383 g/mol. The van der Waals surface area contributed by atoms with E-state index in [0.29, 0.717) is 6.61 Å². The largest absolute Gasteiger partial charge is 0.494 e. The Morgan fingerprint density at radius 2 is 1.68 bits per heavy atom. The second-order valence-electron chi connectivity index (χ2n) is 6.44. The van der Waals surface area contributed by atoms with Crippen molar-refractivity contribution in [3.05, 3.63) is 59.9 Å². The molecule has 0 aliphatic rings. The van der Waals surface area contributed by atoms with Crippen LogP contribution in [-0.2, 0) is 14.8 Å². The van der Waals surface area contributed by atoms with Gasteiger partial charge in [0, 0.05) is 0 Å². The Kier molecular flexibility index (Phi) is 7.01. The number of ether oxygens (including phenoxy) is 1. The van der Waals surface area contributed by atoms with Gasteiger partial charge in [0.1, 0.15) is 17.6 Å². The molecule has 0 bridgehead atoms. The maximum Gasteiger partial charge on any atom is 0.244 e. The van der Waals surface area contributed by atoms with E-state index in [4.69, 9.17) is 4.74 Å². The van der Waals surface area contributed by atoms with E-state index < -0.39 is 27.8 Å². The average molecular weight is 408 g/mol. The lowest BCUT2D eigenvalue weighted by atomic mass is 10.1. The fraction of sp³-hybridized carbons (Fsp3) is 0.350. The van der Waals surface area contributed by atoms with Gasteiger partial charge in [-0.2, -0.15) is 0 Å². The van der Waals surface area contributed by atoms with E-state index in [9.17, 15) is 17.6 Å². The van der Waals surface area contributed by atoms with Crippen LogP contribution in [0.5, 0.6) is 5.75 Å². The second kappa shape index (κ2) is 9.05. The number of hydrogen-bond acceptors (Lipinski definition) is 4. The van der Waals surface area contributed by atoms with Crippen LogP contribution in [0.4, 0.5) is 10.1 Å². The van der Waals surface area contributed by atoms with Crippen molar-refractivity contribution >= 4 is 21.6 Å². The van der Waals surface area contributed by atoms with Crippen molar-refractivity contribution in [1.29, 1.82) is 0 Å². The third-order valence-electron chi connectivity index (χ3n) is 4.22. The highest BCUT2D eigenvalue weighted by atomic mass is 32.2. The number of benzene rings is 2. The first-order valence-electron chi connectivity index (χ1n) is 8.91. The number of nitrogens with one attached hydrogen (secondary N) is 1. The van der Waals surface area contributed by atoms with Gasteiger partial charge in [-0.15, -0.1) is 0 Å². The van der Waals surface area contributed by atoms with Crippen LogP contribution < -0.4 is 14.4 Å². The van der Waals surface area contributed by atoms with Crippen LogP contribution in [0.1, 0.15) is 32.4 Å². The minimum Gasteiger partial charge on any atom is -0.494 e. The Labute approximate surface area is 165 Å². The first-order valence-corrected chi connectivity index (χ1v) is 10.8. The predicted octanol–water partition coefficient (Wildman–Crippen LogP) is 3.26. The van der Waals surface area contributed by atoms with Crippen LogP contribution >= 0.6 is 0 Å². The summed E-state index contributed by atoms with van der Waals surface area (Å²) in [5.41, 5.74) is 1.08. The number of sulfonamides is 1. The maximum absolute atomic E-state index is 13.2. The highest BCUT2D eigenvalue weighted by Crippen LogP contribution is 2.22. The van der Waals surface area contributed by atoms with Crippen molar-refractivity contribution in [2.24, 2.45) is 0 Å². The molecule has 0 fully saturated rings. The third kappa shape index (κ3) is 5.45. The van der Waals surface area contributed by atoms with Crippen molar-refractivity contribution in [2.45, 2.75) is 32.9 Å². The van der Waals surface area contributed by atoms with E-state index in [0.717, 1.165) is 34.0 Å². The summed E-state index contributed by atoms with van der Waals surface area (Å²) < 4.78 is 44.1. The zero-order valence-electron chi connectivity index (χ0n) is 16.3. The number of rotatable bonds is 8. The molecule has 0 aromatic heterocycles. The van der Waals surface area contributed by atoms with Crippen molar-refractivity contribution in [1.82, 2.24) is 5.32 Å². The molecule has 1 N–H and O–H groups in total. The number of hydrogen-bond donors (Lipinski definition) is 1. The molecule has 6 nitrogen and oxygen atoms in total. The molecule has 0 radical (unpaired) electrons. The third-order valence-corrected chi connectivity index (χ3v) is 5.46. The van der Waals surface area contributed by atoms with E-state index in [2.05, 4.69) is 5.32 Å². The first-order chi connectivity index (χ1) is 13.1. The van der Waals surface area contributed by atoms with Gasteiger partial charge in [-0.3, -0.25) is 9.10 Å². The van der Waals surface area contributed by atoms with Crippen LogP contribution in [-0.4, -0.2) is 33.2 Å². The number of anilines is 1. The van der Waals surface area contributed by atoms with Gasteiger partial charge in [0.2, 0.25) is 15.9 Å². The SMILES string of the molecule is CCOc1ccc([C@H](C)NC(=O)[C@@H](C)N(c2ccc(F)cc2)S(C)(=O)=O)cc1. The molecule has 8 heteroatoms. The topological polar surface area (TPSA) is 75.7 Å². The molecule has 0 unspecified atom stereocenters. The minimum atomic E-state index is -3.75. The molecule has 28 heavy (non-hydrogen) atoms. The molecule has 1 amide bonds. The van der Waals surface area contributed by atoms with Crippen molar-refractivity contribution < 1.29 is 22.3 Å². The van der Waals surface area contributed by atoms with Crippen LogP contribution in [0.2, 0.25) is 0 Å². The van der Waals surface area contributed by atoms with Gasteiger partial charge in [0.25, 0.3) is 0 Å². The molecule has 2 aromatic rings. The highest BCUT2D eigenvalue weighted by Gasteiger charge is 2.29. The molecule has 0 saturated heterocycles. The molecule has 0 heterocycles. The summed E-state index contributed by atoms with van der Waals surface area (Å²) in [4.78, 5) is 12.7. The van der Waals surface area contributed by atoms with Crippen molar-refractivity contribution in [2.75, 3.05) is 17.2 Å². The summed E-state index contributed by atoms with van der Waals surface area (Å²) in [5, 5.41) is 2.82. The Bertz CT molecular complexity index is 899. The number of halogens is 1. The first kappa shape index (κ1) is 21.7. The van der Waals surface area contributed by atoms with Crippen LogP contribution in [0.25, 0.3) is 0 Å². The summed E-state index contributed by atoms with van der Waals surface area (Å²) in [6.07, 6.45) is 1.01. The number of carbonyl (C=O) groups is 1. The van der Waals surface area contributed by atoms with Crippen LogP contribution in [0, 0.1) is 5.82 Å². The Morgan fingerprint density at radius 1 is 1.11 bits per heavy atom. The number of carbonyl (C=O) groups excluding carboxylic acids is 1. The summed E-state index contributed by atoms with van der Waals surface area (Å²) >= 11 is 0. The van der Waals surface area contributed by atoms with E-state index >= 15 is 0 Å². The summed E-state index contributed by atoms with van der Waals surface area (Å²) in [6.45, 7) is 5.76. The quantitative estimate of drug-likeness (QED) is 0.728. The lowest BCUT2D eigenvalue weighted by Crippen LogP contribution is -2.48. The highest BCUT2D eigenvalue weighted by molar-refractivity contribution is 7.92. The Balaban J connectivity index is 2.17. The van der Waals surface area contributed by atoms with Gasteiger partial charge in [0.15, 0.2) is 0 Å². The van der Waals surface area contributed by atoms with E-state index in [1.807, 2.05) is 38.1 Å². The molecule has 0 aliphatic carbocycles. The molecular formula is C20H25FN2O4S. The molecule has 0 spiro atoms. The fourth-order valence-corrected chi connectivity index (χ4v) is 4.01.